The van der Waals surface area contributed by atoms with Crippen LogP contribution in [-0.2, 0) is 11.3 Å². The van der Waals surface area contributed by atoms with Gasteiger partial charge in [0.2, 0.25) is 5.91 Å². The lowest BCUT2D eigenvalue weighted by atomic mass is 10.2. The van der Waals surface area contributed by atoms with Crippen molar-refractivity contribution in [3.05, 3.63) is 48.1 Å². The zero-order valence-electron chi connectivity index (χ0n) is 11.8. The van der Waals surface area contributed by atoms with Crippen molar-refractivity contribution >= 4 is 5.91 Å². The Hall–Kier alpha value is -2.23. The molecule has 106 valence electrons. The number of carbonyl (C=O) groups excluding carboxylic acids is 1. The Balaban J connectivity index is 2.00. The Morgan fingerprint density at radius 3 is 2.75 bits per heavy atom. The smallest absolute Gasteiger partial charge is 0.246 e. The largest absolute Gasteiger partial charge is 0.486 e. The van der Waals surface area contributed by atoms with Gasteiger partial charge in [0.15, 0.2) is 11.5 Å². The van der Waals surface area contributed by atoms with Crippen LogP contribution in [0.4, 0.5) is 0 Å². The van der Waals surface area contributed by atoms with Crippen molar-refractivity contribution in [2.75, 3.05) is 20.3 Å². The minimum atomic E-state index is -0.0296. The Bertz CT molecular complexity index is 535. The molecule has 2 rings (SSSR count). The lowest BCUT2D eigenvalue weighted by Gasteiger charge is -2.20. The van der Waals surface area contributed by atoms with Crippen molar-refractivity contribution in [2.24, 2.45) is 0 Å². The van der Waals surface area contributed by atoms with Crippen LogP contribution in [0.2, 0.25) is 0 Å². The molecule has 0 fully saturated rings. The maximum atomic E-state index is 11.9. The Morgan fingerprint density at radius 2 is 2.00 bits per heavy atom. The highest BCUT2D eigenvalue weighted by Gasteiger charge is 2.13. The van der Waals surface area contributed by atoms with Gasteiger partial charge in [-0.1, -0.05) is 24.3 Å². The molecule has 0 atom stereocenters. The van der Waals surface area contributed by atoms with Crippen molar-refractivity contribution in [1.82, 2.24) is 4.90 Å². The van der Waals surface area contributed by atoms with Crippen molar-refractivity contribution in [1.29, 1.82) is 0 Å². The number of nitrogens with zero attached hydrogens (tertiary/aromatic N) is 1. The number of benzene rings is 1. The first-order chi connectivity index (χ1) is 9.70. The second kappa shape index (κ2) is 6.80. The molecule has 1 aliphatic rings. The topological polar surface area (TPSA) is 38.8 Å². The number of hydrogen-bond acceptors (Lipinski definition) is 3. The molecule has 1 aliphatic heterocycles. The maximum absolute atomic E-state index is 11.9. The van der Waals surface area contributed by atoms with Crippen LogP contribution in [-0.4, -0.2) is 31.1 Å². The van der Waals surface area contributed by atoms with Crippen molar-refractivity contribution in [2.45, 2.75) is 13.5 Å². The molecule has 0 bridgehead atoms. The second-order valence-corrected chi connectivity index (χ2v) is 4.56. The van der Waals surface area contributed by atoms with Gasteiger partial charge in [-0.3, -0.25) is 4.79 Å². The summed E-state index contributed by atoms with van der Waals surface area (Å²) in [6, 6.07) is 5.76. The Labute approximate surface area is 119 Å². The van der Waals surface area contributed by atoms with Crippen LogP contribution in [0, 0.1) is 0 Å². The molecule has 0 radical (unpaired) electrons. The van der Waals surface area contributed by atoms with Crippen LogP contribution in [0.5, 0.6) is 11.5 Å². The molecule has 4 nitrogen and oxygen atoms in total. The van der Waals surface area contributed by atoms with Gasteiger partial charge in [0.1, 0.15) is 13.2 Å². The third-order valence-corrected chi connectivity index (χ3v) is 2.94. The molecule has 0 spiro atoms. The zero-order chi connectivity index (χ0) is 14.4. The van der Waals surface area contributed by atoms with E-state index in [1.54, 1.807) is 24.1 Å². The first kappa shape index (κ1) is 14.2. The fraction of sp³-hybridized carbons (Fsp3) is 0.312. The lowest BCUT2D eigenvalue weighted by Crippen LogP contribution is -2.24. The summed E-state index contributed by atoms with van der Waals surface area (Å²) in [6.45, 7) is 3.60. The van der Waals surface area contributed by atoms with Gasteiger partial charge >= 0.3 is 0 Å². The third-order valence-electron chi connectivity index (χ3n) is 2.94. The zero-order valence-corrected chi connectivity index (χ0v) is 11.8. The summed E-state index contributed by atoms with van der Waals surface area (Å²) in [6.07, 6.45) is 7.00. The lowest BCUT2D eigenvalue weighted by molar-refractivity contribution is -0.125. The van der Waals surface area contributed by atoms with Crippen LogP contribution in [0.15, 0.2) is 42.5 Å². The van der Waals surface area contributed by atoms with E-state index in [1.807, 2.05) is 37.3 Å². The van der Waals surface area contributed by atoms with Crippen molar-refractivity contribution < 1.29 is 14.3 Å². The van der Waals surface area contributed by atoms with E-state index in [-0.39, 0.29) is 5.91 Å². The highest BCUT2D eigenvalue weighted by Crippen LogP contribution is 2.30. The van der Waals surface area contributed by atoms with Crippen LogP contribution in [0.3, 0.4) is 0 Å². The van der Waals surface area contributed by atoms with Gasteiger partial charge in [0.05, 0.1) is 0 Å². The van der Waals surface area contributed by atoms with Gasteiger partial charge in [0.25, 0.3) is 0 Å². The average Bonchev–Trinajstić information content (AvgIpc) is 2.47. The normalized spacial score (nSPS) is 13.9. The fourth-order valence-corrected chi connectivity index (χ4v) is 1.91. The monoisotopic (exact) mass is 273 g/mol. The minimum Gasteiger partial charge on any atom is -0.486 e. The quantitative estimate of drug-likeness (QED) is 0.625. The van der Waals surface area contributed by atoms with Crippen LogP contribution in [0.25, 0.3) is 0 Å². The summed E-state index contributed by atoms with van der Waals surface area (Å²) in [5, 5.41) is 0. The fourth-order valence-electron chi connectivity index (χ4n) is 1.91. The molecule has 1 aromatic carbocycles. The van der Waals surface area contributed by atoms with Crippen molar-refractivity contribution in [3.8, 4) is 11.5 Å². The summed E-state index contributed by atoms with van der Waals surface area (Å²) >= 11 is 0. The van der Waals surface area contributed by atoms with Gasteiger partial charge < -0.3 is 14.4 Å². The van der Waals surface area contributed by atoms with E-state index in [1.165, 1.54) is 0 Å². The van der Waals surface area contributed by atoms with Gasteiger partial charge in [-0.05, 0) is 24.6 Å². The predicted octanol–water partition coefficient (Wildman–Crippen LogP) is 2.55. The van der Waals surface area contributed by atoms with Crippen molar-refractivity contribution in [3.63, 3.8) is 0 Å². The van der Waals surface area contributed by atoms with E-state index in [0.717, 1.165) is 17.1 Å². The summed E-state index contributed by atoms with van der Waals surface area (Å²) in [5.74, 6) is 1.49. The number of allylic oxidation sites excluding steroid dienone is 3. The Morgan fingerprint density at radius 1 is 1.25 bits per heavy atom. The molecule has 0 unspecified atom stereocenters. The summed E-state index contributed by atoms with van der Waals surface area (Å²) in [7, 11) is 1.78. The molecule has 0 saturated carbocycles. The van der Waals surface area contributed by atoms with Crippen LogP contribution < -0.4 is 9.47 Å². The number of hydrogen-bond donors (Lipinski definition) is 0. The van der Waals surface area contributed by atoms with E-state index >= 15 is 0 Å². The second-order valence-electron chi connectivity index (χ2n) is 4.56. The number of rotatable bonds is 4. The summed E-state index contributed by atoms with van der Waals surface area (Å²) in [4.78, 5) is 13.5. The molecular weight excluding hydrogens is 254 g/mol. The molecule has 0 saturated heterocycles. The van der Waals surface area contributed by atoms with E-state index in [0.29, 0.717) is 19.8 Å². The number of fused-ring (bicyclic) bond motifs is 1. The SMILES string of the molecule is CC=CC=CC(=O)N(C)Cc1ccc2c(c1)OCCO2. The standard InChI is InChI=1S/C16H19NO3/c1-3-4-5-6-16(18)17(2)12-13-7-8-14-15(11-13)20-10-9-19-14/h3-8,11H,9-10,12H2,1-2H3. The third kappa shape index (κ3) is 3.63. The molecule has 0 aromatic heterocycles. The van der Waals surface area contributed by atoms with E-state index in [4.69, 9.17) is 9.47 Å². The summed E-state index contributed by atoms with van der Waals surface area (Å²) in [5.41, 5.74) is 1.02. The first-order valence-electron chi connectivity index (χ1n) is 6.63. The molecule has 1 heterocycles. The highest BCUT2D eigenvalue weighted by molar-refractivity contribution is 5.87. The van der Waals surface area contributed by atoms with Gasteiger partial charge in [-0.2, -0.15) is 0 Å². The van der Waals surface area contributed by atoms with E-state index < -0.39 is 0 Å². The molecule has 20 heavy (non-hydrogen) atoms. The molecule has 0 N–H and O–H groups in total. The van der Waals surface area contributed by atoms with Crippen LogP contribution >= 0.6 is 0 Å². The summed E-state index contributed by atoms with van der Waals surface area (Å²) < 4.78 is 11.0. The number of carbonyl (C=O) groups is 1. The number of amides is 1. The number of likely N-dealkylation sites (N-methyl/N-ethyl adjacent to an activating group) is 1. The average molecular weight is 273 g/mol. The van der Waals surface area contributed by atoms with Crippen LogP contribution in [0.1, 0.15) is 12.5 Å². The highest BCUT2D eigenvalue weighted by atomic mass is 16.6. The van der Waals surface area contributed by atoms with Gasteiger partial charge in [-0.15, -0.1) is 0 Å². The van der Waals surface area contributed by atoms with Gasteiger partial charge in [-0.25, -0.2) is 0 Å². The minimum absolute atomic E-state index is 0.0296. The Kier molecular flexibility index (Phi) is 4.82. The first-order valence-corrected chi connectivity index (χ1v) is 6.63. The van der Waals surface area contributed by atoms with E-state index in [9.17, 15) is 4.79 Å². The molecule has 1 aromatic rings. The molecule has 0 aliphatic carbocycles. The predicted molar refractivity (Wildman–Crippen MR) is 77.9 cm³/mol. The molecule has 1 amide bonds. The van der Waals surface area contributed by atoms with E-state index in [2.05, 4.69) is 0 Å². The maximum Gasteiger partial charge on any atom is 0.246 e. The van der Waals surface area contributed by atoms with Gasteiger partial charge in [0, 0.05) is 19.7 Å². The molecular formula is C16H19NO3. The number of ether oxygens (including phenoxy) is 2. The molecule has 4 heteroatoms.